The van der Waals surface area contributed by atoms with Gasteiger partial charge in [-0.1, -0.05) is 25.8 Å². The first kappa shape index (κ1) is 13.9. The normalized spacial score (nSPS) is 9.67. The lowest BCUT2D eigenvalue weighted by molar-refractivity contribution is -0.117. The molecule has 3 nitrogen and oxygen atoms in total. The predicted octanol–water partition coefficient (Wildman–Crippen LogP) is 2.22. The summed E-state index contributed by atoms with van der Waals surface area (Å²) in [6, 6.07) is 0. The third-order valence-electron chi connectivity index (χ3n) is 2.19. The van der Waals surface area contributed by atoms with Gasteiger partial charge in [-0.05, 0) is 25.8 Å². The van der Waals surface area contributed by atoms with Crippen LogP contribution in [0.3, 0.4) is 0 Å². The summed E-state index contributed by atoms with van der Waals surface area (Å²) in [4.78, 5) is 21.4. The highest BCUT2D eigenvalue weighted by molar-refractivity contribution is 5.86. The molecule has 0 spiro atoms. The first-order valence-electron chi connectivity index (χ1n) is 5.56. The number of rotatable bonds is 9. The number of ketones is 1. The maximum atomic E-state index is 10.8. The Morgan fingerprint density at radius 3 is 2.33 bits per heavy atom. The molecule has 86 valence electrons. The van der Waals surface area contributed by atoms with Gasteiger partial charge in [0.15, 0.2) is 0 Å². The Labute approximate surface area is 91.9 Å². The molecule has 3 heteroatoms. The number of carbonyl (C=O) groups excluding carboxylic acids is 2. The van der Waals surface area contributed by atoms with E-state index in [1.54, 1.807) is 6.92 Å². The van der Waals surface area contributed by atoms with Gasteiger partial charge in [0.2, 0.25) is 5.91 Å². The monoisotopic (exact) mass is 211 g/mol. The largest absolute Gasteiger partial charge is 0.353 e. The zero-order valence-corrected chi connectivity index (χ0v) is 9.55. The minimum atomic E-state index is -0.105. The lowest BCUT2D eigenvalue weighted by atomic mass is 10.1. The van der Waals surface area contributed by atoms with Gasteiger partial charge in [-0.3, -0.25) is 4.79 Å². The van der Waals surface area contributed by atoms with E-state index < -0.39 is 0 Å². The quantitative estimate of drug-likeness (QED) is 0.469. The fraction of sp³-hybridized carbons (Fsp3) is 0.667. The van der Waals surface area contributed by atoms with Crippen molar-refractivity contribution in [1.29, 1.82) is 0 Å². The average Bonchev–Trinajstić information content (AvgIpc) is 2.21. The van der Waals surface area contributed by atoms with Crippen LogP contribution >= 0.6 is 0 Å². The number of amides is 1. The number of hydrogen-bond acceptors (Lipinski definition) is 2. The highest BCUT2D eigenvalue weighted by atomic mass is 16.1. The Morgan fingerprint density at radius 2 is 1.73 bits per heavy atom. The second-order valence-corrected chi connectivity index (χ2v) is 3.71. The molecule has 0 heterocycles. The highest BCUT2D eigenvalue weighted by Crippen LogP contribution is 2.05. The summed E-state index contributed by atoms with van der Waals surface area (Å²) >= 11 is 0. The van der Waals surface area contributed by atoms with Crippen LogP contribution in [0.4, 0.5) is 0 Å². The molecule has 0 aromatic heterocycles. The summed E-state index contributed by atoms with van der Waals surface area (Å²) in [5.74, 6) is 0.167. The van der Waals surface area contributed by atoms with Crippen molar-refractivity contribution in [3.8, 4) is 0 Å². The molecule has 15 heavy (non-hydrogen) atoms. The van der Waals surface area contributed by atoms with Crippen LogP contribution in [0.1, 0.15) is 45.4 Å². The first-order valence-corrected chi connectivity index (χ1v) is 5.56. The second-order valence-electron chi connectivity index (χ2n) is 3.71. The molecule has 0 rings (SSSR count). The van der Waals surface area contributed by atoms with Gasteiger partial charge in [-0.25, -0.2) is 0 Å². The van der Waals surface area contributed by atoms with Gasteiger partial charge in [0, 0.05) is 13.0 Å². The Bertz CT molecular complexity index is 212. The SMILES string of the molecule is C=CC(=O)NCCCCCCCC(C)=O. The molecule has 1 N–H and O–H groups in total. The van der Waals surface area contributed by atoms with E-state index in [0.29, 0.717) is 6.42 Å². The molecule has 0 aliphatic heterocycles. The van der Waals surface area contributed by atoms with Crippen molar-refractivity contribution in [2.24, 2.45) is 0 Å². The van der Waals surface area contributed by atoms with Crippen molar-refractivity contribution in [2.75, 3.05) is 6.54 Å². The van der Waals surface area contributed by atoms with Gasteiger partial charge < -0.3 is 10.1 Å². The zero-order valence-electron chi connectivity index (χ0n) is 9.55. The third-order valence-corrected chi connectivity index (χ3v) is 2.19. The Morgan fingerprint density at radius 1 is 1.13 bits per heavy atom. The van der Waals surface area contributed by atoms with Gasteiger partial charge in [-0.15, -0.1) is 0 Å². The van der Waals surface area contributed by atoms with Gasteiger partial charge >= 0.3 is 0 Å². The van der Waals surface area contributed by atoms with Crippen molar-refractivity contribution in [3.63, 3.8) is 0 Å². The topological polar surface area (TPSA) is 46.2 Å². The second kappa shape index (κ2) is 9.44. The van der Waals surface area contributed by atoms with Crippen molar-refractivity contribution in [2.45, 2.75) is 45.4 Å². The molecule has 0 radical (unpaired) electrons. The average molecular weight is 211 g/mol. The summed E-state index contributed by atoms with van der Waals surface area (Å²) in [6.45, 7) is 5.72. The molecule has 0 saturated heterocycles. The molecule has 0 aliphatic rings. The number of carbonyl (C=O) groups is 2. The van der Waals surface area contributed by atoms with Crippen LogP contribution in [0.2, 0.25) is 0 Å². The van der Waals surface area contributed by atoms with E-state index in [1.165, 1.54) is 6.08 Å². The van der Waals surface area contributed by atoms with Crippen LogP contribution in [-0.2, 0) is 9.59 Å². The minimum Gasteiger partial charge on any atom is -0.353 e. The van der Waals surface area contributed by atoms with E-state index in [-0.39, 0.29) is 11.7 Å². The van der Waals surface area contributed by atoms with E-state index in [4.69, 9.17) is 0 Å². The predicted molar refractivity (Wildman–Crippen MR) is 61.6 cm³/mol. The highest BCUT2D eigenvalue weighted by Gasteiger charge is 1.95. The van der Waals surface area contributed by atoms with Crippen molar-refractivity contribution in [1.82, 2.24) is 5.32 Å². The fourth-order valence-corrected chi connectivity index (χ4v) is 1.31. The van der Waals surface area contributed by atoms with Crippen molar-refractivity contribution < 1.29 is 9.59 Å². The fourth-order valence-electron chi connectivity index (χ4n) is 1.31. The molecule has 0 aliphatic carbocycles. The van der Waals surface area contributed by atoms with E-state index >= 15 is 0 Å². The first-order chi connectivity index (χ1) is 7.16. The van der Waals surface area contributed by atoms with Crippen LogP contribution in [0.5, 0.6) is 0 Å². The van der Waals surface area contributed by atoms with E-state index in [9.17, 15) is 9.59 Å². The summed E-state index contributed by atoms with van der Waals surface area (Å²) in [5.41, 5.74) is 0. The van der Waals surface area contributed by atoms with Gasteiger partial charge in [0.1, 0.15) is 5.78 Å². The smallest absolute Gasteiger partial charge is 0.243 e. The van der Waals surface area contributed by atoms with Gasteiger partial charge in [-0.2, -0.15) is 0 Å². The lowest BCUT2D eigenvalue weighted by Crippen LogP contribution is -2.21. The van der Waals surface area contributed by atoms with Crippen LogP contribution in [0.15, 0.2) is 12.7 Å². The summed E-state index contributed by atoms with van der Waals surface area (Å²) < 4.78 is 0. The summed E-state index contributed by atoms with van der Waals surface area (Å²) in [6.07, 6.45) is 7.33. The van der Waals surface area contributed by atoms with Gasteiger partial charge in [0.25, 0.3) is 0 Å². The summed E-state index contributed by atoms with van der Waals surface area (Å²) in [7, 11) is 0. The Balaban J connectivity index is 3.08. The molecule has 0 unspecified atom stereocenters. The van der Waals surface area contributed by atoms with Gasteiger partial charge in [0.05, 0.1) is 0 Å². The summed E-state index contributed by atoms with van der Waals surface area (Å²) in [5, 5.41) is 2.73. The molecule has 1 amide bonds. The number of nitrogens with one attached hydrogen (secondary N) is 1. The van der Waals surface area contributed by atoms with E-state index in [0.717, 1.165) is 38.6 Å². The molecule has 0 aromatic rings. The minimum absolute atomic E-state index is 0.105. The van der Waals surface area contributed by atoms with Crippen LogP contribution in [0.25, 0.3) is 0 Å². The van der Waals surface area contributed by atoms with Crippen molar-refractivity contribution >= 4 is 11.7 Å². The Kier molecular flexibility index (Phi) is 8.73. The number of Topliss-reactive ketones (excluding diaryl/α,β-unsaturated/α-hetero) is 1. The van der Waals surface area contributed by atoms with Crippen LogP contribution in [0, 0.1) is 0 Å². The molecule has 0 bridgehead atoms. The van der Waals surface area contributed by atoms with Crippen LogP contribution in [-0.4, -0.2) is 18.2 Å². The molecule has 0 fully saturated rings. The van der Waals surface area contributed by atoms with E-state index in [2.05, 4.69) is 11.9 Å². The molecular formula is C12H21NO2. The molecule has 0 aromatic carbocycles. The standard InChI is InChI=1S/C12H21NO2/c1-3-12(15)13-10-8-6-4-5-7-9-11(2)14/h3H,1,4-10H2,2H3,(H,13,15). The number of unbranched alkanes of at least 4 members (excludes halogenated alkanes) is 4. The van der Waals surface area contributed by atoms with Crippen molar-refractivity contribution in [3.05, 3.63) is 12.7 Å². The molecule has 0 saturated carbocycles. The lowest BCUT2D eigenvalue weighted by Gasteiger charge is -2.02. The number of hydrogen-bond donors (Lipinski definition) is 1. The Hall–Kier alpha value is -1.12. The third kappa shape index (κ3) is 10.8. The molecule has 0 atom stereocenters. The van der Waals surface area contributed by atoms with Crippen LogP contribution < -0.4 is 5.32 Å². The van der Waals surface area contributed by atoms with E-state index in [1.807, 2.05) is 0 Å². The zero-order chi connectivity index (χ0) is 11.5. The molecular weight excluding hydrogens is 190 g/mol. The maximum absolute atomic E-state index is 10.8. The maximum Gasteiger partial charge on any atom is 0.243 e.